The lowest BCUT2D eigenvalue weighted by Gasteiger charge is -2.43. The molecule has 0 unspecified atom stereocenters. The summed E-state index contributed by atoms with van der Waals surface area (Å²) in [7, 11) is 1.80. The SMILES string of the molecule is COCCC1CN(C2CCCC2)C1. The molecule has 1 saturated heterocycles. The second-order valence-electron chi connectivity index (χ2n) is 4.54. The molecule has 2 rings (SSSR count). The van der Waals surface area contributed by atoms with E-state index in [4.69, 9.17) is 4.74 Å². The summed E-state index contributed by atoms with van der Waals surface area (Å²) in [6.07, 6.45) is 7.10. The highest BCUT2D eigenvalue weighted by atomic mass is 16.5. The number of hydrogen-bond acceptors (Lipinski definition) is 2. The van der Waals surface area contributed by atoms with Crippen molar-refractivity contribution < 1.29 is 4.74 Å². The summed E-state index contributed by atoms with van der Waals surface area (Å²) in [5, 5.41) is 0. The molecule has 2 fully saturated rings. The van der Waals surface area contributed by atoms with Crippen LogP contribution >= 0.6 is 0 Å². The monoisotopic (exact) mass is 183 g/mol. The van der Waals surface area contributed by atoms with Crippen molar-refractivity contribution in [2.24, 2.45) is 5.92 Å². The second-order valence-corrected chi connectivity index (χ2v) is 4.54. The van der Waals surface area contributed by atoms with E-state index in [9.17, 15) is 0 Å². The molecule has 0 spiro atoms. The molecule has 0 aromatic rings. The van der Waals surface area contributed by atoms with Crippen LogP contribution in [-0.2, 0) is 4.74 Å². The molecule has 76 valence electrons. The van der Waals surface area contributed by atoms with Crippen LogP contribution < -0.4 is 0 Å². The van der Waals surface area contributed by atoms with E-state index in [1.165, 1.54) is 45.2 Å². The van der Waals surface area contributed by atoms with Crippen molar-refractivity contribution in [1.82, 2.24) is 4.90 Å². The van der Waals surface area contributed by atoms with Crippen molar-refractivity contribution in [2.45, 2.75) is 38.1 Å². The maximum absolute atomic E-state index is 5.09. The smallest absolute Gasteiger partial charge is 0.0465 e. The highest BCUT2D eigenvalue weighted by molar-refractivity contribution is 4.87. The first-order chi connectivity index (χ1) is 6.40. The Balaban J connectivity index is 1.60. The molecule has 0 radical (unpaired) electrons. The molecule has 1 aliphatic heterocycles. The van der Waals surface area contributed by atoms with E-state index in [2.05, 4.69) is 4.90 Å². The Labute approximate surface area is 81.3 Å². The fraction of sp³-hybridized carbons (Fsp3) is 1.00. The Morgan fingerprint density at radius 2 is 1.92 bits per heavy atom. The first-order valence-electron chi connectivity index (χ1n) is 5.63. The Bertz CT molecular complexity index is 148. The zero-order valence-electron chi connectivity index (χ0n) is 8.67. The fourth-order valence-corrected chi connectivity index (χ4v) is 2.64. The van der Waals surface area contributed by atoms with Gasteiger partial charge in [-0.25, -0.2) is 0 Å². The lowest BCUT2D eigenvalue weighted by molar-refractivity contribution is 0.0352. The average molecular weight is 183 g/mol. The zero-order valence-corrected chi connectivity index (χ0v) is 8.67. The highest BCUT2D eigenvalue weighted by Crippen LogP contribution is 2.30. The summed E-state index contributed by atoms with van der Waals surface area (Å²) in [6.45, 7) is 3.63. The van der Waals surface area contributed by atoms with Gasteiger partial charge in [0.15, 0.2) is 0 Å². The van der Waals surface area contributed by atoms with Gasteiger partial charge in [0.25, 0.3) is 0 Å². The second kappa shape index (κ2) is 4.43. The van der Waals surface area contributed by atoms with Crippen LogP contribution in [0.4, 0.5) is 0 Å². The van der Waals surface area contributed by atoms with Crippen molar-refractivity contribution in [2.75, 3.05) is 26.8 Å². The molecule has 0 atom stereocenters. The quantitative estimate of drug-likeness (QED) is 0.660. The first kappa shape index (κ1) is 9.47. The van der Waals surface area contributed by atoms with Gasteiger partial charge in [0.1, 0.15) is 0 Å². The molecule has 1 saturated carbocycles. The minimum Gasteiger partial charge on any atom is -0.385 e. The molecular weight excluding hydrogens is 162 g/mol. The number of likely N-dealkylation sites (tertiary alicyclic amines) is 1. The predicted octanol–water partition coefficient (Wildman–Crippen LogP) is 1.90. The summed E-state index contributed by atoms with van der Waals surface area (Å²) < 4.78 is 5.09. The summed E-state index contributed by atoms with van der Waals surface area (Å²) in [6, 6.07) is 0.943. The van der Waals surface area contributed by atoms with E-state index in [1.54, 1.807) is 7.11 Å². The molecule has 1 heterocycles. The van der Waals surface area contributed by atoms with Crippen LogP contribution in [0.25, 0.3) is 0 Å². The van der Waals surface area contributed by atoms with Crippen molar-refractivity contribution in [3.05, 3.63) is 0 Å². The molecule has 0 bridgehead atoms. The largest absolute Gasteiger partial charge is 0.385 e. The van der Waals surface area contributed by atoms with Crippen molar-refractivity contribution in [3.8, 4) is 0 Å². The van der Waals surface area contributed by atoms with Crippen LogP contribution in [0.15, 0.2) is 0 Å². The highest BCUT2D eigenvalue weighted by Gasteiger charge is 2.32. The Hall–Kier alpha value is -0.0800. The minimum absolute atomic E-state index is 0.931. The lowest BCUT2D eigenvalue weighted by atomic mass is 9.94. The standard InChI is InChI=1S/C11H21NO/c1-13-7-6-10-8-12(9-10)11-4-2-3-5-11/h10-11H,2-9H2,1H3. The van der Waals surface area contributed by atoms with Crippen molar-refractivity contribution >= 4 is 0 Å². The molecule has 2 nitrogen and oxygen atoms in total. The Morgan fingerprint density at radius 1 is 1.23 bits per heavy atom. The van der Waals surface area contributed by atoms with Crippen molar-refractivity contribution in [1.29, 1.82) is 0 Å². The predicted molar refractivity (Wildman–Crippen MR) is 53.8 cm³/mol. The molecule has 13 heavy (non-hydrogen) atoms. The normalized spacial score (nSPS) is 26.5. The third kappa shape index (κ3) is 2.23. The Kier molecular flexibility index (Phi) is 3.23. The van der Waals surface area contributed by atoms with Crippen LogP contribution in [0.1, 0.15) is 32.1 Å². The summed E-state index contributed by atoms with van der Waals surface area (Å²) >= 11 is 0. The van der Waals surface area contributed by atoms with Gasteiger partial charge in [-0.15, -0.1) is 0 Å². The molecule has 0 N–H and O–H groups in total. The Morgan fingerprint density at radius 3 is 2.54 bits per heavy atom. The van der Waals surface area contributed by atoms with E-state index in [0.717, 1.165) is 18.6 Å². The van der Waals surface area contributed by atoms with Gasteiger partial charge >= 0.3 is 0 Å². The van der Waals surface area contributed by atoms with Gasteiger partial charge in [0.2, 0.25) is 0 Å². The minimum atomic E-state index is 0.931. The van der Waals surface area contributed by atoms with E-state index >= 15 is 0 Å². The summed E-state index contributed by atoms with van der Waals surface area (Å²) in [4.78, 5) is 2.67. The summed E-state index contributed by atoms with van der Waals surface area (Å²) in [5.41, 5.74) is 0. The van der Waals surface area contributed by atoms with Gasteiger partial charge < -0.3 is 4.74 Å². The van der Waals surface area contributed by atoms with Gasteiger partial charge in [0, 0.05) is 32.8 Å². The number of hydrogen-bond donors (Lipinski definition) is 0. The van der Waals surface area contributed by atoms with E-state index in [-0.39, 0.29) is 0 Å². The summed E-state index contributed by atoms with van der Waals surface area (Å²) in [5.74, 6) is 0.931. The number of methoxy groups -OCH3 is 1. The van der Waals surface area contributed by atoms with Crippen LogP contribution in [0.2, 0.25) is 0 Å². The fourth-order valence-electron chi connectivity index (χ4n) is 2.64. The third-order valence-corrected chi connectivity index (χ3v) is 3.56. The maximum atomic E-state index is 5.09. The molecule has 2 aliphatic rings. The topological polar surface area (TPSA) is 12.5 Å². The average Bonchev–Trinajstić information content (AvgIpc) is 2.54. The van der Waals surface area contributed by atoms with Gasteiger partial charge in [-0.2, -0.15) is 0 Å². The molecule has 0 aromatic heterocycles. The molecule has 0 amide bonds. The van der Waals surface area contributed by atoms with Gasteiger partial charge in [-0.1, -0.05) is 12.8 Å². The van der Waals surface area contributed by atoms with Gasteiger partial charge in [-0.05, 0) is 25.2 Å². The van der Waals surface area contributed by atoms with Gasteiger partial charge in [0.05, 0.1) is 0 Å². The van der Waals surface area contributed by atoms with Crippen LogP contribution in [-0.4, -0.2) is 37.7 Å². The van der Waals surface area contributed by atoms with E-state index in [1.807, 2.05) is 0 Å². The van der Waals surface area contributed by atoms with Gasteiger partial charge in [-0.3, -0.25) is 4.90 Å². The molecule has 0 aromatic carbocycles. The number of nitrogens with zero attached hydrogens (tertiary/aromatic N) is 1. The van der Waals surface area contributed by atoms with Crippen molar-refractivity contribution in [3.63, 3.8) is 0 Å². The molecule has 2 heteroatoms. The maximum Gasteiger partial charge on any atom is 0.0465 e. The first-order valence-corrected chi connectivity index (χ1v) is 5.63. The van der Waals surface area contributed by atoms with Crippen LogP contribution in [0.3, 0.4) is 0 Å². The van der Waals surface area contributed by atoms with E-state index < -0.39 is 0 Å². The van der Waals surface area contributed by atoms with Crippen LogP contribution in [0, 0.1) is 5.92 Å². The van der Waals surface area contributed by atoms with E-state index in [0.29, 0.717) is 0 Å². The lowest BCUT2D eigenvalue weighted by Crippen LogP contribution is -2.51. The molecular formula is C11H21NO. The zero-order chi connectivity index (χ0) is 9.10. The number of ether oxygens (including phenoxy) is 1. The third-order valence-electron chi connectivity index (χ3n) is 3.56. The van der Waals surface area contributed by atoms with Crippen LogP contribution in [0.5, 0.6) is 0 Å². The number of rotatable bonds is 4. The molecule has 1 aliphatic carbocycles.